The van der Waals surface area contributed by atoms with Gasteiger partial charge in [0.2, 0.25) is 5.91 Å². The molecule has 1 amide bonds. The van der Waals surface area contributed by atoms with E-state index in [1.807, 2.05) is 6.92 Å². The Hall–Kier alpha value is -1.14. The standard InChI is InChI=1S/C15H25NO5/c1-2-10-7-11(12(8-10)14(19)20)13(18)16-15(9-17)3-5-21-6-4-15/h10-12,17H,2-9H2,1H3,(H,16,18)(H,19,20)/t10?,11-,12+/m0/s1. The van der Waals surface area contributed by atoms with E-state index in [2.05, 4.69) is 5.32 Å². The maximum atomic E-state index is 12.5. The number of hydrogen-bond acceptors (Lipinski definition) is 4. The van der Waals surface area contributed by atoms with Crippen molar-refractivity contribution in [2.45, 2.75) is 44.6 Å². The molecule has 0 aromatic carbocycles. The van der Waals surface area contributed by atoms with Crippen molar-refractivity contribution in [3.63, 3.8) is 0 Å². The lowest BCUT2D eigenvalue weighted by molar-refractivity contribution is -0.147. The molecule has 2 fully saturated rings. The van der Waals surface area contributed by atoms with Crippen molar-refractivity contribution >= 4 is 11.9 Å². The molecule has 3 atom stereocenters. The number of rotatable bonds is 5. The summed E-state index contributed by atoms with van der Waals surface area (Å²) < 4.78 is 5.27. The van der Waals surface area contributed by atoms with E-state index in [1.165, 1.54) is 0 Å². The van der Waals surface area contributed by atoms with Crippen LogP contribution in [0.3, 0.4) is 0 Å². The van der Waals surface area contributed by atoms with Crippen LogP contribution in [0.25, 0.3) is 0 Å². The fourth-order valence-electron chi connectivity index (χ4n) is 3.48. The van der Waals surface area contributed by atoms with Crippen molar-refractivity contribution < 1.29 is 24.5 Å². The average molecular weight is 299 g/mol. The van der Waals surface area contributed by atoms with Gasteiger partial charge in [0.05, 0.1) is 24.0 Å². The van der Waals surface area contributed by atoms with Crippen molar-refractivity contribution in [1.29, 1.82) is 0 Å². The molecule has 0 bridgehead atoms. The minimum atomic E-state index is -0.892. The molecule has 6 heteroatoms. The number of carboxylic acid groups (broad SMARTS) is 1. The highest BCUT2D eigenvalue weighted by Gasteiger charge is 2.44. The fourth-order valence-corrected chi connectivity index (χ4v) is 3.48. The molecule has 120 valence electrons. The molecule has 0 aromatic heterocycles. The molecule has 1 saturated heterocycles. The first kappa shape index (κ1) is 16.2. The van der Waals surface area contributed by atoms with Gasteiger partial charge in [0.25, 0.3) is 0 Å². The van der Waals surface area contributed by atoms with E-state index in [9.17, 15) is 19.8 Å². The largest absolute Gasteiger partial charge is 0.481 e. The van der Waals surface area contributed by atoms with Gasteiger partial charge in [-0.2, -0.15) is 0 Å². The molecule has 6 nitrogen and oxygen atoms in total. The van der Waals surface area contributed by atoms with Crippen molar-refractivity contribution in [3.05, 3.63) is 0 Å². The molecule has 0 aromatic rings. The third kappa shape index (κ3) is 3.55. The Morgan fingerprint density at radius 1 is 1.24 bits per heavy atom. The highest BCUT2D eigenvalue weighted by Crippen LogP contribution is 2.39. The van der Waals surface area contributed by atoms with Crippen molar-refractivity contribution in [2.75, 3.05) is 19.8 Å². The topological polar surface area (TPSA) is 95.9 Å². The zero-order chi connectivity index (χ0) is 15.5. The van der Waals surface area contributed by atoms with Crippen molar-refractivity contribution in [1.82, 2.24) is 5.32 Å². The van der Waals surface area contributed by atoms with Gasteiger partial charge in [-0.15, -0.1) is 0 Å². The Labute approximate surface area is 124 Å². The quantitative estimate of drug-likeness (QED) is 0.697. The van der Waals surface area contributed by atoms with Crippen molar-refractivity contribution in [2.24, 2.45) is 17.8 Å². The number of carboxylic acids is 1. The van der Waals surface area contributed by atoms with Gasteiger partial charge in [-0.3, -0.25) is 9.59 Å². The number of hydrogen-bond donors (Lipinski definition) is 3. The predicted molar refractivity (Wildman–Crippen MR) is 75.6 cm³/mol. The predicted octanol–water partition coefficient (Wildman–Crippen LogP) is 0.781. The Morgan fingerprint density at radius 3 is 2.38 bits per heavy atom. The normalized spacial score (nSPS) is 31.8. The number of ether oxygens (including phenoxy) is 1. The minimum Gasteiger partial charge on any atom is -0.481 e. The first-order chi connectivity index (χ1) is 10.0. The van der Waals surface area contributed by atoms with E-state index in [0.29, 0.717) is 44.8 Å². The van der Waals surface area contributed by atoms with Gasteiger partial charge < -0.3 is 20.3 Å². The Morgan fingerprint density at radius 2 is 1.86 bits per heavy atom. The Balaban J connectivity index is 2.05. The van der Waals surface area contributed by atoms with Gasteiger partial charge in [0.15, 0.2) is 0 Å². The van der Waals surface area contributed by atoms with Crippen LogP contribution in [0.1, 0.15) is 39.0 Å². The van der Waals surface area contributed by atoms with Gasteiger partial charge in [-0.1, -0.05) is 13.3 Å². The molecule has 1 saturated carbocycles. The van der Waals surface area contributed by atoms with Crippen LogP contribution < -0.4 is 5.32 Å². The van der Waals surface area contributed by atoms with Gasteiger partial charge in [0.1, 0.15) is 0 Å². The minimum absolute atomic E-state index is 0.135. The number of aliphatic hydroxyl groups excluding tert-OH is 1. The lowest BCUT2D eigenvalue weighted by Crippen LogP contribution is -2.56. The SMILES string of the molecule is CCC1C[C@H](C(=O)NC2(CO)CCOCC2)[C@H](C(=O)O)C1. The summed E-state index contributed by atoms with van der Waals surface area (Å²) in [6.07, 6.45) is 3.22. The lowest BCUT2D eigenvalue weighted by Gasteiger charge is -2.37. The number of carbonyl (C=O) groups excluding carboxylic acids is 1. The van der Waals surface area contributed by atoms with E-state index >= 15 is 0 Å². The number of aliphatic carboxylic acids is 1. The van der Waals surface area contributed by atoms with Gasteiger partial charge in [-0.25, -0.2) is 0 Å². The van der Waals surface area contributed by atoms with E-state index in [0.717, 1.165) is 6.42 Å². The zero-order valence-corrected chi connectivity index (χ0v) is 12.5. The number of nitrogens with one attached hydrogen (secondary N) is 1. The molecule has 1 aliphatic carbocycles. The number of aliphatic hydroxyl groups is 1. The van der Waals surface area contributed by atoms with Crippen LogP contribution in [-0.2, 0) is 14.3 Å². The third-order valence-corrected chi connectivity index (χ3v) is 5.03. The van der Waals surface area contributed by atoms with E-state index in [-0.39, 0.29) is 12.5 Å². The van der Waals surface area contributed by atoms with Crippen LogP contribution in [0, 0.1) is 17.8 Å². The summed E-state index contributed by atoms with van der Waals surface area (Å²) in [5, 5.41) is 21.9. The molecule has 2 rings (SSSR count). The van der Waals surface area contributed by atoms with Crippen LogP contribution in [0.2, 0.25) is 0 Å². The van der Waals surface area contributed by atoms with Crippen LogP contribution in [0.4, 0.5) is 0 Å². The smallest absolute Gasteiger partial charge is 0.307 e. The van der Waals surface area contributed by atoms with Crippen LogP contribution in [0.5, 0.6) is 0 Å². The van der Waals surface area contributed by atoms with Crippen LogP contribution in [-0.4, -0.2) is 47.4 Å². The average Bonchev–Trinajstić information content (AvgIpc) is 2.93. The summed E-state index contributed by atoms with van der Waals surface area (Å²) in [4.78, 5) is 23.9. The van der Waals surface area contributed by atoms with Gasteiger partial charge in [-0.05, 0) is 31.6 Å². The molecular formula is C15H25NO5. The van der Waals surface area contributed by atoms with Gasteiger partial charge >= 0.3 is 5.97 Å². The Kier molecular flexibility index (Phi) is 5.22. The molecule has 3 N–H and O–H groups in total. The second-order valence-electron chi connectivity index (χ2n) is 6.34. The summed E-state index contributed by atoms with van der Waals surface area (Å²) >= 11 is 0. The first-order valence-corrected chi connectivity index (χ1v) is 7.75. The molecule has 0 spiro atoms. The highest BCUT2D eigenvalue weighted by atomic mass is 16.5. The van der Waals surface area contributed by atoms with E-state index in [4.69, 9.17) is 4.74 Å². The van der Waals surface area contributed by atoms with Crippen LogP contribution >= 0.6 is 0 Å². The maximum absolute atomic E-state index is 12.5. The third-order valence-electron chi connectivity index (χ3n) is 5.03. The lowest BCUT2D eigenvalue weighted by atomic mass is 9.88. The van der Waals surface area contributed by atoms with Gasteiger partial charge in [0, 0.05) is 13.2 Å². The molecule has 2 aliphatic rings. The summed E-state index contributed by atoms with van der Waals surface area (Å²) in [5.74, 6) is -1.92. The summed E-state index contributed by atoms with van der Waals surface area (Å²) in [6.45, 7) is 2.90. The molecular weight excluding hydrogens is 274 g/mol. The number of carbonyl (C=O) groups is 2. The summed E-state index contributed by atoms with van der Waals surface area (Å²) in [6, 6.07) is 0. The Bertz CT molecular complexity index is 392. The molecule has 1 heterocycles. The van der Waals surface area contributed by atoms with Crippen molar-refractivity contribution in [3.8, 4) is 0 Å². The second kappa shape index (κ2) is 6.75. The zero-order valence-electron chi connectivity index (χ0n) is 12.5. The fraction of sp³-hybridized carbons (Fsp3) is 0.867. The molecule has 1 unspecified atom stereocenters. The van der Waals surface area contributed by atoms with E-state index in [1.54, 1.807) is 0 Å². The highest BCUT2D eigenvalue weighted by molar-refractivity contribution is 5.85. The first-order valence-electron chi connectivity index (χ1n) is 7.75. The maximum Gasteiger partial charge on any atom is 0.307 e. The summed E-state index contributed by atoms with van der Waals surface area (Å²) in [5.41, 5.74) is -0.650. The second-order valence-corrected chi connectivity index (χ2v) is 6.34. The van der Waals surface area contributed by atoms with Crippen LogP contribution in [0.15, 0.2) is 0 Å². The molecule has 21 heavy (non-hydrogen) atoms. The molecule has 1 aliphatic heterocycles. The van der Waals surface area contributed by atoms with E-state index < -0.39 is 23.3 Å². The molecule has 0 radical (unpaired) electrons. The number of amides is 1. The summed E-state index contributed by atoms with van der Waals surface area (Å²) in [7, 11) is 0. The monoisotopic (exact) mass is 299 g/mol.